The summed E-state index contributed by atoms with van der Waals surface area (Å²) in [7, 11) is -3.57. The highest BCUT2D eigenvalue weighted by Crippen LogP contribution is 2.17. The Morgan fingerprint density at radius 2 is 1.92 bits per heavy atom. The topological polar surface area (TPSA) is 71.5 Å². The van der Waals surface area contributed by atoms with Gasteiger partial charge in [0.1, 0.15) is 22.3 Å². The molecule has 0 aliphatic carbocycles. The van der Waals surface area contributed by atoms with E-state index in [4.69, 9.17) is 4.74 Å². The number of nitrogens with zero attached hydrogens (tertiary/aromatic N) is 2. The molecule has 0 atom stereocenters. The first kappa shape index (κ1) is 18.7. The second-order valence-corrected chi connectivity index (χ2v) is 7.75. The first-order valence-corrected chi connectivity index (χ1v) is 9.62. The Hall–Kier alpha value is -2.10. The van der Waals surface area contributed by atoms with Gasteiger partial charge in [-0.2, -0.15) is 4.31 Å². The van der Waals surface area contributed by atoms with Crippen molar-refractivity contribution in [2.24, 2.45) is 0 Å². The second-order valence-electron chi connectivity index (χ2n) is 5.81. The van der Waals surface area contributed by atoms with Gasteiger partial charge in [-0.05, 0) is 30.2 Å². The first-order chi connectivity index (χ1) is 12.5. The van der Waals surface area contributed by atoms with Crippen molar-refractivity contribution in [3.05, 3.63) is 53.7 Å². The van der Waals surface area contributed by atoms with Crippen molar-refractivity contribution in [2.45, 2.75) is 11.3 Å². The number of hydrogen-bond donors (Lipinski definition) is 1. The minimum atomic E-state index is -3.57. The van der Waals surface area contributed by atoms with E-state index in [2.05, 4.69) is 10.3 Å². The summed E-state index contributed by atoms with van der Waals surface area (Å²) in [5.74, 6) is -0.724. The Bertz CT molecular complexity index is 854. The van der Waals surface area contributed by atoms with Gasteiger partial charge in [-0.1, -0.05) is 6.07 Å². The van der Waals surface area contributed by atoms with E-state index in [9.17, 15) is 17.2 Å². The normalized spacial score (nSPS) is 15.8. The van der Waals surface area contributed by atoms with Crippen molar-refractivity contribution in [3.63, 3.8) is 0 Å². The smallest absolute Gasteiger partial charge is 0.244 e. The van der Waals surface area contributed by atoms with Crippen molar-refractivity contribution in [1.82, 2.24) is 9.29 Å². The fourth-order valence-electron chi connectivity index (χ4n) is 2.62. The predicted molar refractivity (Wildman–Crippen MR) is 92.4 cm³/mol. The van der Waals surface area contributed by atoms with E-state index in [0.717, 1.165) is 6.07 Å². The van der Waals surface area contributed by atoms with Gasteiger partial charge in [0.25, 0.3) is 0 Å². The van der Waals surface area contributed by atoms with Gasteiger partial charge in [-0.25, -0.2) is 22.2 Å². The fraction of sp³-hybridized carbons (Fsp3) is 0.353. The number of ether oxygens (including phenoxy) is 1. The third-order valence-corrected chi connectivity index (χ3v) is 5.94. The van der Waals surface area contributed by atoms with E-state index in [1.165, 1.54) is 28.7 Å². The molecule has 140 valence electrons. The SMILES string of the molecule is O=S(=O)(c1ccc(NCCc2ccc(F)cc2F)nc1)N1CCOCC1. The lowest BCUT2D eigenvalue weighted by Gasteiger charge is -2.25. The van der Waals surface area contributed by atoms with Crippen LogP contribution in [0.2, 0.25) is 0 Å². The lowest BCUT2D eigenvalue weighted by molar-refractivity contribution is 0.0730. The Labute approximate surface area is 150 Å². The molecule has 0 bridgehead atoms. The van der Waals surface area contributed by atoms with Crippen LogP contribution in [0.4, 0.5) is 14.6 Å². The molecule has 0 spiro atoms. The number of hydrogen-bond acceptors (Lipinski definition) is 5. The zero-order valence-electron chi connectivity index (χ0n) is 14.0. The van der Waals surface area contributed by atoms with Crippen LogP contribution < -0.4 is 5.32 Å². The first-order valence-electron chi connectivity index (χ1n) is 8.18. The van der Waals surface area contributed by atoms with Crippen LogP contribution in [0.3, 0.4) is 0 Å². The summed E-state index contributed by atoms with van der Waals surface area (Å²) < 4.78 is 58.0. The summed E-state index contributed by atoms with van der Waals surface area (Å²) in [6.45, 7) is 1.79. The quantitative estimate of drug-likeness (QED) is 0.827. The van der Waals surface area contributed by atoms with Gasteiger partial charge in [0, 0.05) is 31.9 Å². The molecule has 1 aliphatic rings. The maximum Gasteiger partial charge on any atom is 0.244 e. The molecule has 6 nitrogen and oxygen atoms in total. The number of nitrogens with one attached hydrogen (secondary N) is 1. The van der Waals surface area contributed by atoms with Gasteiger partial charge in [0.15, 0.2) is 0 Å². The van der Waals surface area contributed by atoms with Crippen molar-refractivity contribution < 1.29 is 21.9 Å². The van der Waals surface area contributed by atoms with E-state index >= 15 is 0 Å². The summed E-state index contributed by atoms with van der Waals surface area (Å²) in [6.07, 6.45) is 1.65. The Morgan fingerprint density at radius 1 is 1.15 bits per heavy atom. The van der Waals surface area contributed by atoms with Crippen LogP contribution in [0, 0.1) is 11.6 Å². The highest BCUT2D eigenvalue weighted by Gasteiger charge is 2.26. The van der Waals surface area contributed by atoms with Crippen LogP contribution in [0.25, 0.3) is 0 Å². The number of sulfonamides is 1. The van der Waals surface area contributed by atoms with Crippen molar-refractivity contribution in [2.75, 3.05) is 38.2 Å². The minimum absolute atomic E-state index is 0.120. The molecule has 1 saturated heterocycles. The van der Waals surface area contributed by atoms with E-state index in [1.807, 2.05) is 0 Å². The van der Waals surface area contributed by atoms with E-state index in [1.54, 1.807) is 6.07 Å². The van der Waals surface area contributed by atoms with Crippen molar-refractivity contribution in [1.29, 1.82) is 0 Å². The molecule has 0 unspecified atom stereocenters. The number of pyridine rings is 1. The van der Waals surface area contributed by atoms with Gasteiger partial charge in [0.05, 0.1) is 13.2 Å². The van der Waals surface area contributed by atoms with Crippen molar-refractivity contribution >= 4 is 15.8 Å². The number of aromatic nitrogens is 1. The fourth-order valence-corrected chi connectivity index (χ4v) is 3.98. The van der Waals surface area contributed by atoms with E-state index < -0.39 is 21.7 Å². The number of rotatable bonds is 6. The minimum Gasteiger partial charge on any atom is -0.379 e. The maximum atomic E-state index is 13.6. The van der Waals surface area contributed by atoms with Gasteiger partial charge < -0.3 is 10.1 Å². The molecule has 26 heavy (non-hydrogen) atoms. The van der Waals surface area contributed by atoms with Crippen LogP contribution >= 0.6 is 0 Å². The van der Waals surface area contributed by atoms with Gasteiger partial charge in [-0.15, -0.1) is 0 Å². The molecule has 2 heterocycles. The van der Waals surface area contributed by atoms with Gasteiger partial charge in [-0.3, -0.25) is 0 Å². The Kier molecular flexibility index (Phi) is 5.80. The molecule has 1 aromatic carbocycles. The molecule has 1 fully saturated rings. The number of halogens is 2. The highest BCUT2D eigenvalue weighted by atomic mass is 32.2. The van der Waals surface area contributed by atoms with Crippen LogP contribution in [0.15, 0.2) is 41.4 Å². The van der Waals surface area contributed by atoms with Crippen LogP contribution in [0.5, 0.6) is 0 Å². The Morgan fingerprint density at radius 3 is 2.58 bits per heavy atom. The molecular formula is C17H19F2N3O3S. The third-order valence-electron chi connectivity index (χ3n) is 4.06. The van der Waals surface area contributed by atoms with Crippen molar-refractivity contribution in [3.8, 4) is 0 Å². The second kappa shape index (κ2) is 8.07. The lowest BCUT2D eigenvalue weighted by Crippen LogP contribution is -2.40. The average molecular weight is 383 g/mol. The number of anilines is 1. The predicted octanol–water partition coefficient (Wildman–Crippen LogP) is 2.04. The van der Waals surface area contributed by atoms with Crippen LogP contribution in [-0.2, 0) is 21.2 Å². The largest absolute Gasteiger partial charge is 0.379 e. The lowest BCUT2D eigenvalue weighted by atomic mass is 10.1. The summed E-state index contributed by atoms with van der Waals surface area (Å²) in [5, 5.41) is 2.99. The summed E-state index contributed by atoms with van der Waals surface area (Å²) in [4.78, 5) is 4.23. The standard InChI is InChI=1S/C17H19F2N3O3S/c18-14-2-1-13(16(19)11-14)5-6-20-17-4-3-15(12-21-17)26(23,24)22-7-9-25-10-8-22/h1-4,11-12H,5-10H2,(H,20,21). The van der Waals surface area contributed by atoms with E-state index in [-0.39, 0.29) is 4.90 Å². The molecule has 0 amide bonds. The molecule has 3 rings (SSSR count). The Balaban J connectivity index is 1.59. The molecular weight excluding hydrogens is 364 g/mol. The van der Waals surface area contributed by atoms with Crippen LogP contribution in [-0.4, -0.2) is 50.6 Å². The molecule has 1 N–H and O–H groups in total. The monoisotopic (exact) mass is 383 g/mol. The zero-order valence-corrected chi connectivity index (χ0v) is 14.8. The van der Waals surface area contributed by atoms with Gasteiger partial charge >= 0.3 is 0 Å². The zero-order chi connectivity index (χ0) is 18.6. The third kappa shape index (κ3) is 4.35. The highest BCUT2D eigenvalue weighted by molar-refractivity contribution is 7.89. The molecule has 0 radical (unpaired) electrons. The number of benzene rings is 1. The summed E-state index contributed by atoms with van der Waals surface area (Å²) in [5.41, 5.74) is 0.394. The molecule has 2 aromatic rings. The average Bonchev–Trinajstić information content (AvgIpc) is 2.65. The number of morpholine rings is 1. The van der Waals surface area contributed by atoms with Gasteiger partial charge in [0.2, 0.25) is 10.0 Å². The molecule has 1 aliphatic heterocycles. The molecule has 0 saturated carbocycles. The van der Waals surface area contributed by atoms with Crippen LogP contribution in [0.1, 0.15) is 5.56 Å². The summed E-state index contributed by atoms with van der Waals surface area (Å²) in [6, 6.07) is 6.51. The summed E-state index contributed by atoms with van der Waals surface area (Å²) >= 11 is 0. The molecule has 1 aromatic heterocycles. The van der Waals surface area contributed by atoms with E-state index in [0.29, 0.717) is 50.7 Å². The molecule has 9 heteroatoms. The maximum absolute atomic E-state index is 13.6.